The van der Waals surface area contributed by atoms with Crippen LogP contribution in [0.25, 0.3) is 0 Å². The fourth-order valence-electron chi connectivity index (χ4n) is 1.99. The van der Waals surface area contributed by atoms with Gasteiger partial charge in [-0.25, -0.2) is 4.79 Å². The summed E-state index contributed by atoms with van der Waals surface area (Å²) in [5, 5.41) is 0. The van der Waals surface area contributed by atoms with Gasteiger partial charge in [0.15, 0.2) is 5.78 Å². The van der Waals surface area contributed by atoms with Gasteiger partial charge in [0, 0.05) is 29.3 Å². The van der Waals surface area contributed by atoms with Gasteiger partial charge in [0.1, 0.15) is 11.3 Å². The number of halogens is 1. The first-order valence-electron chi connectivity index (χ1n) is 7.66. The van der Waals surface area contributed by atoms with Crippen molar-refractivity contribution in [3.8, 4) is 5.75 Å². The zero-order valence-corrected chi connectivity index (χ0v) is 15.5. The van der Waals surface area contributed by atoms with Crippen molar-refractivity contribution >= 4 is 41.0 Å². The third kappa shape index (κ3) is 5.37. The van der Waals surface area contributed by atoms with Gasteiger partial charge in [-0.1, -0.05) is 25.1 Å². The van der Waals surface area contributed by atoms with E-state index >= 15 is 0 Å². The molecule has 0 aliphatic carbocycles. The summed E-state index contributed by atoms with van der Waals surface area (Å²) in [5.74, 6) is -0.704. The lowest BCUT2D eigenvalue weighted by atomic mass is 10.1. The van der Waals surface area contributed by atoms with Gasteiger partial charge in [0.05, 0.1) is 5.69 Å². The molecule has 0 aliphatic heterocycles. The molecule has 0 saturated heterocycles. The molecule has 130 valence electrons. The number of rotatable bonds is 7. The van der Waals surface area contributed by atoms with E-state index in [0.717, 1.165) is 4.90 Å². The Kier molecular flexibility index (Phi) is 7.10. The number of carbonyl (C=O) groups excluding carboxylic acids is 2. The van der Waals surface area contributed by atoms with Gasteiger partial charge in [0.25, 0.3) is 0 Å². The number of hydrogen-bond donors (Lipinski definition) is 0. The van der Waals surface area contributed by atoms with Crippen molar-refractivity contribution in [1.29, 1.82) is 0 Å². The first kappa shape index (κ1) is 19.1. The molecular formula is C19H18ClNO3S. The van der Waals surface area contributed by atoms with Crippen molar-refractivity contribution in [3.05, 3.63) is 66.4 Å². The summed E-state index contributed by atoms with van der Waals surface area (Å²) >= 11 is 7.85. The third-order valence-electron chi connectivity index (χ3n) is 3.36. The number of ketones is 1. The summed E-state index contributed by atoms with van der Waals surface area (Å²) in [6, 6.07) is 16.0. The van der Waals surface area contributed by atoms with Crippen molar-refractivity contribution in [2.75, 3.05) is 10.7 Å². The Morgan fingerprint density at radius 2 is 1.76 bits per heavy atom. The number of Topliss-reactive ketones (excluding diaryl/α,β-unsaturated/α-hetero) is 1. The van der Waals surface area contributed by atoms with E-state index in [0.29, 0.717) is 11.4 Å². The molecule has 0 saturated carbocycles. The maximum absolute atomic E-state index is 12.4. The van der Waals surface area contributed by atoms with E-state index in [9.17, 15) is 9.59 Å². The SMILES string of the molecule is CCC(=O)/C(=C\N(Cl)c1ccc(SC)cc1)C(=O)Oc1ccccc1. The Hall–Kier alpha value is -2.24. The Labute approximate surface area is 156 Å². The molecule has 0 atom stereocenters. The van der Waals surface area contributed by atoms with Crippen molar-refractivity contribution < 1.29 is 14.3 Å². The second-order valence-electron chi connectivity index (χ2n) is 5.03. The van der Waals surface area contributed by atoms with Crippen LogP contribution in [-0.2, 0) is 9.59 Å². The maximum atomic E-state index is 12.4. The van der Waals surface area contributed by atoms with E-state index < -0.39 is 5.97 Å². The fraction of sp³-hybridized carbons (Fsp3) is 0.158. The molecule has 0 radical (unpaired) electrons. The first-order valence-corrected chi connectivity index (χ1v) is 9.22. The zero-order chi connectivity index (χ0) is 18.2. The van der Waals surface area contributed by atoms with Crippen LogP contribution in [0.3, 0.4) is 0 Å². The molecule has 2 rings (SSSR count). The van der Waals surface area contributed by atoms with Gasteiger partial charge < -0.3 is 4.74 Å². The molecule has 0 bridgehead atoms. The van der Waals surface area contributed by atoms with E-state index in [1.54, 1.807) is 43.0 Å². The second kappa shape index (κ2) is 9.30. The molecule has 0 aliphatic rings. The largest absolute Gasteiger partial charge is 0.423 e. The predicted molar refractivity (Wildman–Crippen MR) is 102 cm³/mol. The van der Waals surface area contributed by atoms with Crippen molar-refractivity contribution in [1.82, 2.24) is 0 Å². The minimum Gasteiger partial charge on any atom is -0.423 e. The lowest BCUT2D eigenvalue weighted by molar-refractivity contribution is -0.132. The maximum Gasteiger partial charge on any atom is 0.348 e. The highest BCUT2D eigenvalue weighted by Gasteiger charge is 2.20. The number of thioether (sulfide) groups is 1. The first-order chi connectivity index (χ1) is 12.0. The van der Waals surface area contributed by atoms with Crippen molar-refractivity contribution in [3.63, 3.8) is 0 Å². The molecule has 0 unspecified atom stereocenters. The van der Waals surface area contributed by atoms with E-state index in [1.165, 1.54) is 10.6 Å². The number of carbonyl (C=O) groups is 2. The highest BCUT2D eigenvalue weighted by molar-refractivity contribution is 7.98. The van der Waals surface area contributed by atoms with Crippen LogP contribution in [0.5, 0.6) is 5.75 Å². The molecular weight excluding hydrogens is 358 g/mol. The highest BCUT2D eigenvalue weighted by atomic mass is 35.5. The standard InChI is InChI=1S/C19H18ClNO3S/c1-3-18(22)17(19(23)24-15-7-5-4-6-8-15)13-21(20)14-9-11-16(25-2)12-10-14/h4-13H,3H2,1-2H3/b17-13+. The zero-order valence-electron chi connectivity index (χ0n) is 13.9. The van der Waals surface area contributed by atoms with E-state index in [-0.39, 0.29) is 17.8 Å². The lowest BCUT2D eigenvalue weighted by Gasteiger charge is -2.13. The van der Waals surface area contributed by atoms with Crippen LogP contribution in [0.2, 0.25) is 0 Å². The average Bonchev–Trinajstić information content (AvgIpc) is 2.66. The summed E-state index contributed by atoms with van der Waals surface area (Å²) in [6.45, 7) is 1.68. The summed E-state index contributed by atoms with van der Waals surface area (Å²) in [4.78, 5) is 25.6. The molecule has 25 heavy (non-hydrogen) atoms. The molecule has 0 N–H and O–H groups in total. The predicted octanol–water partition coefficient (Wildman–Crippen LogP) is 4.84. The van der Waals surface area contributed by atoms with E-state index in [2.05, 4.69) is 0 Å². The van der Waals surface area contributed by atoms with Crippen molar-refractivity contribution in [2.24, 2.45) is 0 Å². The molecule has 4 nitrogen and oxygen atoms in total. The van der Waals surface area contributed by atoms with Gasteiger partial charge in [-0.15, -0.1) is 11.8 Å². The molecule has 2 aromatic carbocycles. The van der Waals surface area contributed by atoms with Crippen LogP contribution >= 0.6 is 23.5 Å². The van der Waals surface area contributed by atoms with Gasteiger partial charge in [-0.05, 0) is 42.7 Å². The second-order valence-corrected chi connectivity index (χ2v) is 6.28. The molecule has 0 fully saturated rings. The van der Waals surface area contributed by atoms with E-state index in [1.807, 2.05) is 36.6 Å². The Bertz CT molecular complexity index is 760. The number of para-hydroxylation sites is 1. The number of ether oxygens (including phenoxy) is 1. The van der Waals surface area contributed by atoms with Crippen LogP contribution in [0, 0.1) is 0 Å². The lowest BCUT2D eigenvalue weighted by Crippen LogP contribution is -2.20. The number of hydrogen-bond acceptors (Lipinski definition) is 5. The monoisotopic (exact) mass is 375 g/mol. The van der Waals surface area contributed by atoms with Crippen LogP contribution in [0.1, 0.15) is 13.3 Å². The van der Waals surface area contributed by atoms with Gasteiger partial charge in [-0.2, -0.15) is 0 Å². The van der Waals surface area contributed by atoms with Crippen LogP contribution < -0.4 is 9.16 Å². The minimum atomic E-state index is -0.732. The van der Waals surface area contributed by atoms with Gasteiger partial charge in [-0.3, -0.25) is 9.21 Å². The fourth-order valence-corrected chi connectivity index (χ4v) is 2.61. The quantitative estimate of drug-likeness (QED) is 0.132. The molecule has 0 aromatic heterocycles. The highest BCUT2D eigenvalue weighted by Crippen LogP contribution is 2.23. The Balaban J connectivity index is 2.24. The summed E-state index contributed by atoms with van der Waals surface area (Å²) in [7, 11) is 0. The van der Waals surface area contributed by atoms with Crippen LogP contribution in [-0.4, -0.2) is 18.0 Å². The van der Waals surface area contributed by atoms with Gasteiger partial charge >= 0.3 is 5.97 Å². The Morgan fingerprint density at radius 3 is 2.32 bits per heavy atom. The summed E-state index contributed by atoms with van der Waals surface area (Å²) in [6.07, 6.45) is 3.45. The van der Waals surface area contributed by atoms with Crippen LogP contribution in [0.4, 0.5) is 5.69 Å². The van der Waals surface area contributed by atoms with Gasteiger partial charge in [0.2, 0.25) is 0 Å². The molecule has 0 heterocycles. The Morgan fingerprint density at radius 1 is 1.12 bits per heavy atom. The smallest absolute Gasteiger partial charge is 0.348 e. The minimum absolute atomic E-state index is 0.102. The van der Waals surface area contributed by atoms with E-state index in [4.69, 9.17) is 16.5 Å². The normalized spacial score (nSPS) is 11.1. The average molecular weight is 376 g/mol. The molecule has 2 aromatic rings. The number of anilines is 1. The third-order valence-corrected chi connectivity index (χ3v) is 4.39. The number of esters is 1. The number of benzene rings is 2. The molecule has 0 spiro atoms. The topological polar surface area (TPSA) is 46.6 Å². The molecule has 6 heteroatoms. The van der Waals surface area contributed by atoms with Crippen LogP contribution in [0.15, 0.2) is 71.3 Å². The molecule has 0 amide bonds. The number of nitrogens with zero attached hydrogens (tertiary/aromatic N) is 1. The van der Waals surface area contributed by atoms with Crippen molar-refractivity contribution in [2.45, 2.75) is 18.2 Å². The summed E-state index contributed by atoms with van der Waals surface area (Å²) < 4.78 is 6.48. The summed E-state index contributed by atoms with van der Waals surface area (Å²) in [5.41, 5.74) is 0.545.